The summed E-state index contributed by atoms with van der Waals surface area (Å²) >= 11 is 0. The number of rotatable bonds is 4. The Balaban J connectivity index is 1.46. The molecule has 1 aromatic heterocycles. The van der Waals surface area contributed by atoms with E-state index in [0.717, 1.165) is 22.2 Å². The van der Waals surface area contributed by atoms with Gasteiger partial charge in [0.2, 0.25) is 0 Å². The predicted octanol–water partition coefficient (Wildman–Crippen LogP) is 2.78. The van der Waals surface area contributed by atoms with E-state index in [9.17, 15) is 15.3 Å². The third-order valence-corrected chi connectivity index (χ3v) is 10.0. The van der Waals surface area contributed by atoms with Crippen LogP contribution in [0.25, 0.3) is 10.9 Å². The molecule has 8 atom stereocenters. The van der Waals surface area contributed by atoms with Crippen LogP contribution in [0.5, 0.6) is 0 Å². The van der Waals surface area contributed by atoms with Gasteiger partial charge >= 0.3 is 0 Å². The van der Waals surface area contributed by atoms with Crippen LogP contribution < -0.4 is 11.1 Å². The number of benzene rings is 1. The second-order valence-corrected chi connectivity index (χ2v) is 12.0. The van der Waals surface area contributed by atoms with Crippen molar-refractivity contribution in [2.24, 2.45) is 33.9 Å². The van der Waals surface area contributed by atoms with E-state index in [4.69, 9.17) is 5.73 Å². The maximum Gasteiger partial charge on any atom is 0.189 e. The van der Waals surface area contributed by atoms with Crippen LogP contribution in [0.1, 0.15) is 44.2 Å². The highest BCUT2D eigenvalue weighted by Crippen LogP contribution is 2.63. The van der Waals surface area contributed by atoms with Crippen molar-refractivity contribution in [2.45, 2.75) is 68.3 Å². The number of fused-ring (bicyclic) bond motifs is 6. The zero-order chi connectivity index (χ0) is 26.7. The smallest absolute Gasteiger partial charge is 0.189 e. The van der Waals surface area contributed by atoms with Crippen LogP contribution in [0.4, 0.5) is 0 Å². The van der Waals surface area contributed by atoms with Gasteiger partial charge in [0.05, 0.1) is 23.3 Å². The molecule has 2 fully saturated rings. The van der Waals surface area contributed by atoms with Gasteiger partial charge < -0.3 is 31.4 Å². The van der Waals surface area contributed by atoms with Crippen LogP contribution in [0.3, 0.4) is 0 Å². The first kappa shape index (κ1) is 25.2. The number of aliphatic hydroxyl groups excluding tert-OH is 1. The number of aliphatic hydroxyl groups is 3. The van der Waals surface area contributed by atoms with E-state index in [-0.39, 0.29) is 30.1 Å². The number of nitrogens with zero attached hydrogens (tertiary/aromatic N) is 1. The number of nitrogens with one attached hydrogen (secondary N) is 2. The first-order valence-electron chi connectivity index (χ1n) is 13.7. The summed E-state index contributed by atoms with van der Waals surface area (Å²) in [6.45, 7) is 4.66. The molecule has 4 bridgehead atoms. The topological polar surface area (TPSA) is 127 Å². The Kier molecular flexibility index (Phi) is 5.99. The minimum absolute atomic E-state index is 0.0335. The zero-order valence-corrected chi connectivity index (χ0v) is 22.0. The summed E-state index contributed by atoms with van der Waals surface area (Å²) in [5.41, 5.74) is 6.33. The third kappa shape index (κ3) is 3.89. The Bertz CT molecular complexity index is 1350. The number of hydrogen-bond donors (Lipinski definition) is 6. The molecule has 7 nitrogen and oxygen atoms in total. The van der Waals surface area contributed by atoms with Gasteiger partial charge in [0.1, 0.15) is 0 Å². The van der Waals surface area contributed by atoms with E-state index in [1.165, 1.54) is 0 Å². The van der Waals surface area contributed by atoms with Crippen LogP contribution in [0.2, 0.25) is 0 Å². The zero-order valence-electron chi connectivity index (χ0n) is 22.0. The van der Waals surface area contributed by atoms with Gasteiger partial charge in [-0.05, 0) is 61.0 Å². The number of H-pyrrole nitrogens is 1. The highest BCUT2D eigenvalue weighted by molar-refractivity contribution is 5.80. The first-order valence-corrected chi connectivity index (χ1v) is 13.7. The maximum absolute atomic E-state index is 12.2. The van der Waals surface area contributed by atoms with Crippen LogP contribution in [0.15, 0.2) is 59.6 Å². The minimum Gasteiger partial charge on any atom is -0.390 e. The molecular weight excluding hydrogens is 476 g/mol. The maximum atomic E-state index is 12.2. The summed E-state index contributed by atoms with van der Waals surface area (Å²) in [5, 5.41) is 39.9. The fraction of sp³-hybridized carbons (Fsp3) is 0.516. The van der Waals surface area contributed by atoms with Crippen LogP contribution >= 0.6 is 0 Å². The molecule has 7 N–H and O–H groups in total. The van der Waals surface area contributed by atoms with E-state index in [0.29, 0.717) is 38.5 Å². The van der Waals surface area contributed by atoms with Crippen molar-refractivity contribution in [3.8, 4) is 11.8 Å². The molecule has 0 aliphatic heterocycles. The average molecular weight is 515 g/mol. The van der Waals surface area contributed by atoms with Gasteiger partial charge in [-0.25, -0.2) is 0 Å². The summed E-state index contributed by atoms with van der Waals surface area (Å²) in [7, 11) is 1.60. The quantitative estimate of drug-likeness (QED) is 0.162. The van der Waals surface area contributed by atoms with Gasteiger partial charge in [-0.1, -0.05) is 48.4 Å². The summed E-state index contributed by atoms with van der Waals surface area (Å²) < 4.78 is 0. The molecule has 2 aromatic rings. The Labute approximate surface area is 223 Å². The number of aliphatic imine (C=N–C) groups is 1. The minimum atomic E-state index is -1.42. The van der Waals surface area contributed by atoms with Crippen LogP contribution in [-0.2, 0) is 6.42 Å². The second kappa shape index (κ2) is 9.01. The van der Waals surface area contributed by atoms with E-state index in [2.05, 4.69) is 64.1 Å². The number of nitrogens with two attached hydrogens (primary N) is 1. The Morgan fingerprint density at radius 3 is 2.84 bits per heavy atom. The number of aromatic nitrogens is 1. The van der Waals surface area contributed by atoms with E-state index < -0.39 is 28.8 Å². The fourth-order valence-electron chi connectivity index (χ4n) is 8.01. The van der Waals surface area contributed by atoms with Crippen molar-refractivity contribution in [3.63, 3.8) is 0 Å². The lowest BCUT2D eigenvalue weighted by Crippen LogP contribution is -2.52. The molecular formula is C31H38N4O3. The molecule has 1 aromatic carbocycles. The van der Waals surface area contributed by atoms with E-state index >= 15 is 0 Å². The van der Waals surface area contributed by atoms with Crippen molar-refractivity contribution in [1.29, 1.82) is 0 Å². The van der Waals surface area contributed by atoms with Crippen molar-refractivity contribution >= 4 is 16.9 Å². The highest BCUT2D eigenvalue weighted by Gasteiger charge is 2.65. The summed E-state index contributed by atoms with van der Waals surface area (Å²) in [4.78, 5) is 7.56. The molecule has 0 spiro atoms. The van der Waals surface area contributed by atoms with Crippen LogP contribution in [-0.4, -0.2) is 56.7 Å². The molecule has 0 saturated heterocycles. The molecule has 0 amide bonds. The van der Waals surface area contributed by atoms with Gasteiger partial charge in [0.15, 0.2) is 5.96 Å². The molecule has 0 radical (unpaired) electrons. The van der Waals surface area contributed by atoms with E-state index in [1.807, 2.05) is 12.1 Å². The molecule has 4 aliphatic rings. The average Bonchev–Trinajstić information content (AvgIpc) is 3.40. The lowest BCUT2D eigenvalue weighted by Gasteiger charge is -2.44. The predicted molar refractivity (Wildman–Crippen MR) is 149 cm³/mol. The van der Waals surface area contributed by atoms with Crippen molar-refractivity contribution in [2.75, 3.05) is 7.05 Å². The Hall–Kier alpha value is -3.05. The SMILES string of the molecule is C=C(Cc1cc2ccccc2[nH]1)[C@]12CC#C[C@H](NC(N)=NC)C[C@]3(O)[C@H](O)C[C@@H]([C@@H]3C1)[C@@]1(O)CC=C[C@@H]2C1. The highest BCUT2D eigenvalue weighted by atomic mass is 16.3. The molecule has 0 unspecified atom stereocenters. The van der Waals surface area contributed by atoms with Gasteiger partial charge in [-0.3, -0.25) is 4.99 Å². The molecule has 4 aliphatic carbocycles. The Morgan fingerprint density at radius 2 is 2.05 bits per heavy atom. The van der Waals surface area contributed by atoms with E-state index in [1.54, 1.807) is 7.05 Å². The summed E-state index contributed by atoms with van der Waals surface area (Å²) in [5.74, 6) is 6.46. The summed E-state index contributed by atoms with van der Waals surface area (Å²) in [6, 6.07) is 9.93. The normalized spacial score (nSPS) is 39.9. The molecule has 200 valence electrons. The van der Waals surface area contributed by atoms with Crippen LogP contribution in [0, 0.1) is 35.0 Å². The number of aromatic amines is 1. The monoisotopic (exact) mass is 514 g/mol. The molecule has 2 saturated carbocycles. The number of para-hydroxylation sites is 1. The summed E-state index contributed by atoms with van der Waals surface area (Å²) in [6.07, 6.45) is 6.85. The Morgan fingerprint density at radius 1 is 1.24 bits per heavy atom. The molecule has 38 heavy (non-hydrogen) atoms. The number of allylic oxidation sites excluding steroid dienone is 2. The second-order valence-electron chi connectivity index (χ2n) is 12.0. The first-order chi connectivity index (χ1) is 18.2. The van der Waals surface area contributed by atoms with Gasteiger partial charge in [-0.15, -0.1) is 5.92 Å². The number of guanidine groups is 1. The third-order valence-electron chi connectivity index (χ3n) is 10.0. The van der Waals surface area contributed by atoms with Gasteiger partial charge in [-0.2, -0.15) is 0 Å². The van der Waals surface area contributed by atoms with Crippen molar-refractivity contribution < 1.29 is 15.3 Å². The lowest BCUT2D eigenvalue weighted by atomic mass is 9.60. The fourth-order valence-corrected chi connectivity index (χ4v) is 8.01. The molecule has 7 heteroatoms. The lowest BCUT2D eigenvalue weighted by molar-refractivity contribution is -0.106. The largest absolute Gasteiger partial charge is 0.390 e. The molecule has 6 rings (SSSR count). The number of hydrogen-bond acceptors (Lipinski definition) is 4. The van der Waals surface area contributed by atoms with Crippen molar-refractivity contribution in [1.82, 2.24) is 10.3 Å². The standard InChI is InChI=1S/C31H38N4O3/c1-19(13-23-14-20-7-3-4-10-26(20)34-23)29-11-6-9-22(35-28(32)33-2)17-31(38)25(18-29)24(15-27(31)36)30(37)12-5-8-21(29)16-30/h3-5,7-8,10,14,21-22,24-25,27,34,36-38H,1,11-13,15-18H2,2H3,(H3,32,33,35)/t21-,22+,24+,25+,27-,29+,30-,31-/m1/s1. The molecule has 1 heterocycles. The van der Waals surface area contributed by atoms with Crippen molar-refractivity contribution in [3.05, 3.63) is 60.3 Å². The van der Waals surface area contributed by atoms with Gasteiger partial charge in [0.25, 0.3) is 0 Å². The van der Waals surface area contributed by atoms with Gasteiger partial charge in [0, 0.05) is 42.9 Å².